The van der Waals surface area contributed by atoms with Crippen LogP contribution in [0.15, 0.2) is 157 Å². The number of benzene rings is 6. The summed E-state index contributed by atoms with van der Waals surface area (Å²) in [7, 11) is 17.9. The molecule has 271 valence electrons. The van der Waals surface area contributed by atoms with Crippen molar-refractivity contribution in [3.8, 4) is 44.5 Å². The van der Waals surface area contributed by atoms with Gasteiger partial charge in [0, 0.05) is 0 Å². The normalized spacial score (nSPS) is 17.3. The Morgan fingerprint density at radius 2 is 0.759 bits per heavy atom. The van der Waals surface area contributed by atoms with Crippen LogP contribution in [0.5, 0.6) is 0 Å². The van der Waals surface area contributed by atoms with Gasteiger partial charge in [-0.25, -0.2) is 0 Å². The van der Waals surface area contributed by atoms with E-state index in [4.69, 9.17) is 17.0 Å². The molecule has 0 radical (unpaired) electrons. The molecule has 0 aromatic heterocycles. The summed E-state index contributed by atoms with van der Waals surface area (Å²) in [6.45, 7) is 14.3. The maximum absolute atomic E-state index is 8.94. The molecule has 54 heavy (non-hydrogen) atoms. The second-order valence-electron chi connectivity index (χ2n) is 16.3. The minimum absolute atomic E-state index is 0.0100. The predicted octanol–water partition coefficient (Wildman–Crippen LogP) is 15.2. The van der Waals surface area contributed by atoms with Gasteiger partial charge in [-0.2, -0.15) is 0 Å². The first-order valence-electron chi connectivity index (χ1n) is 19.6. The summed E-state index contributed by atoms with van der Waals surface area (Å²) in [6, 6.07) is 53.0. The van der Waals surface area contributed by atoms with E-state index in [1.165, 1.54) is 77.9 Å². The van der Waals surface area contributed by atoms with Gasteiger partial charge in [0.15, 0.2) is 0 Å². The van der Waals surface area contributed by atoms with Gasteiger partial charge in [-0.3, -0.25) is 0 Å². The van der Waals surface area contributed by atoms with Crippen molar-refractivity contribution >= 4 is 35.1 Å². The summed E-state index contributed by atoms with van der Waals surface area (Å²) < 4.78 is 0.0200. The topological polar surface area (TPSA) is 0 Å². The van der Waals surface area contributed by atoms with E-state index in [2.05, 4.69) is 199 Å². The molecule has 0 saturated heterocycles. The third-order valence-electron chi connectivity index (χ3n) is 12.3. The van der Waals surface area contributed by atoms with Gasteiger partial charge in [0.05, 0.1) is 0 Å². The molecular formula is C50H49Cl2SiZr. The fraction of sp³-hybridized carbons (Fsp3) is 0.200. The molecule has 0 amide bonds. The Bertz CT molecular complexity index is 2230. The summed E-state index contributed by atoms with van der Waals surface area (Å²) in [5.74, 6) is -1.18. The van der Waals surface area contributed by atoms with E-state index in [9.17, 15) is 0 Å². The maximum atomic E-state index is 8.94. The average molecular weight is 840 g/mol. The van der Waals surface area contributed by atoms with E-state index in [1.807, 2.05) is 0 Å². The zero-order valence-corrected chi connectivity index (χ0v) is 37.3. The van der Waals surface area contributed by atoms with Crippen LogP contribution in [0, 0.1) is 11.8 Å². The third-order valence-corrected chi connectivity index (χ3v) is 64.0. The first-order valence-corrected chi connectivity index (χ1v) is 35.9. The van der Waals surface area contributed by atoms with Crippen molar-refractivity contribution in [2.75, 3.05) is 0 Å². The summed E-state index contributed by atoms with van der Waals surface area (Å²) in [5, 5.41) is 0. The third kappa shape index (κ3) is 6.04. The molecule has 6 aromatic rings. The first-order chi connectivity index (χ1) is 26.0. The first kappa shape index (κ1) is 37.4. The van der Waals surface area contributed by atoms with E-state index in [-0.39, 0.29) is 19.1 Å². The van der Waals surface area contributed by atoms with E-state index in [0.717, 1.165) is 0 Å². The van der Waals surface area contributed by atoms with Gasteiger partial charge in [0.2, 0.25) is 0 Å². The van der Waals surface area contributed by atoms with Crippen molar-refractivity contribution in [3.05, 3.63) is 179 Å². The molecule has 0 saturated carbocycles. The molecule has 0 heterocycles. The van der Waals surface area contributed by atoms with Gasteiger partial charge in [-0.15, -0.1) is 0 Å². The number of rotatable bonds is 9. The molecule has 2 aliphatic carbocycles. The Morgan fingerprint density at radius 1 is 0.444 bits per heavy atom. The SMILES string of the molecule is CC(C)C1=Cc2c(ccc(-c3ccccc3)c2-c2ccccc2)[CH]1[Zr]([Cl])([Cl])([CH]1C(C(C)C)=Cc2c1ccc(-c1ccccc1)c2-c1ccccc1)[SiH](C)C. The van der Waals surface area contributed by atoms with Gasteiger partial charge in [0.25, 0.3) is 0 Å². The van der Waals surface area contributed by atoms with Crippen LogP contribution in [-0.2, 0) is 15.6 Å². The Labute approximate surface area is 331 Å². The standard InChI is InChI=1S/2C24H21.C2H7Si.2ClH.Zr/c2*1-17(2)21-15-20-13-14-22(18-9-5-3-6-10-18)24(23(20)16-21)19-11-7-4-8-12-19;1-3-2;;;/h2*3-17H,1-2H3;3H,1-2H3;2*1H;/q;;;;;+2/p-2. The van der Waals surface area contributed by atoms with Crippen LogP contribution in [0.2, 0.25) is 13.1 Å². The monoisotopic (exact) mass is 837 g/mol. The second kappa shape index (κ2) is 14.5. The van der Waals surface area contributed by atoms with Gasteiger partial charge in [-0.05, 0) is 0 Å². The molecule has 6 aromatic carbocycles. The number of hydrogen-bond acceptors (Lipinski definition) is 0. The van der Waals surface area contributed by atoms with Crippen LogP contribution < -0.4 is 0 Å². The molecule has 0 nitrogen and oxygen atoms in total. The van der Waals surface area contributed by atoms with Gasteiger partial charge < -0.3 is 0 Å². The molecule has 0 aliphatic heterocycles. The fourth-order valence-corrected chi connectivity index (χ4v) is 41.0. The van der Waals surface area contributed by atoms with Crippen molar-refractivity contribution in [1.29, 1.82) is 0 Å². The molecule has 0 fully saturated rings. The number of halogens is 2. The van der Waals surface area contributed by atoms with Gasteiger partial charge in [0.1, 0.15) is 0 Å². The number of fused-ring (bicyclic) bond motifs is 2. The van der Waals surface area contributed by atoms with Crippen molar-refractivity contribution in [1.82, 2.24) is 0 Å². The van der Waals surface area contributed by atoms with Crippen LogP contribution in [-0.4, -0.2) is 5.92 Å². The van der Waals surface area contributed by atoms with Crippen LogP contribution in [0.4, 0.5) is 0 Å². The van der Waals surface area contributed by atoms with Gasteiger partial charge >= 0.3 is 334 Å². The van der Waals surface area contributed by atoms with E-state index in [0.29, 0.717) is 0 Å². The van der Waals surface area contributed by atoms with E-state index >= 15 is 0 Å². The minimum atomic E-state index is -5.07. The molecular weight excluding hydrogens is 791 g/mol. The second-order valence-corrected chi connectivity index (χ2v) is 58.8. The molecule has 4 heteroatoms. The Morgan fingerprint density at radius 3 is 1.06 bits per heavy atom. The van der Waals surface area contributed by atoms with Crippen molar-refractivity contribution in [2.45, 2.75) is 48.0 Å². The summed E-state index contributed by atoms with van der Waals surface area (Å²) in [6.07, 6.45) is 5.02. The Balaban J connectivity index is 1.42. The van der Waals surface area contributed by atoms with Crippen molar-refractivity contribution < 1.29 is 15.6 Å². The number of allylic oxidation sites excluding steroid dienone is 2. The quantitative estimate of drug-likeness (QED) is 0.127. The number of hydrogen-bond donors (Lipinski definition) is 0. The molecule has 8 rings (SSSR count). The summed E-state index contributed by atoms with van der Waals surface area (Å²) in [4.78, 5) is 0. The fourth-order valence-electron chi connectivity index (χ4n) is 9.56. The molecule has 0 N–H and O–H groups in total. The molecule has 2 atom stereocenters. The van der Waals surface area contributed by atoms with Crippen molar-refractivity contribution in [3.63, 3.8) is 0 Å². The van der Waals surface area contributed by atoms with Crippen LogP contribution >= 0.6 is 17.0 Å². The zero-order chi connectivity index (χ0) is 37.8. The van der Waals surface area contributed by atoms with Crippen LogP contribution in [0.3, 0.4) is 0 Å². The van der Waals surface area contributed by atoms with Crippen LogP contribution in [0.25, 0.3) is 56.7 Å². The zero-order valence-electron chi connectivity index (χ0n) is 32.2. The molecule has 2 unspecified atom stereocenters. The van der Waals surface area contributed by atoms with E-state index < -0.39 is 21.5 Å². The Kier molecular flexibility index (Phi) is 10.1. The summed E-state index contributed by atoms with van der Waals surface area (Å²) >= 11 is -5.07. The van der Waals surface area contributed by atoms with E-state index in [1.54, 1.807) is 0 Å². The summed E-state index contributed by atoms with van der Waals surface area (Å²) in [5.41, 5.74) is 18.0. The van der Waals surface area contributed by atoms with Crippen LogP contribution in [0.1, 0.15) is 57.2 Å². The average Bonchev–Trinajstić information content (AvgIpc) is 3.80. The Hall–Kier alpha value is -3.52. The molecule has 0 spiro atoms. The van der Waals surface area contributed by atoms with Crippen molar-refractivity contribution in [2.24, 2.45) is 11.8 Å². The predicted molar refractivity (Wildman–Crippen MR) is 236 cm³/mol. The molecule has 2 aliphatic rings. The molecule has 0 bridgehead atoms. The van der Waals surface area contributed by atoms with Gasteiger partial charge in [-0.1, -0.05) is 0 Å².